The Hall–Kier alpha value is -1.69. The van der Waals surface area contributed by atoms with Crippen LogP contribution >= 0.6 is 0 Å². The van der Waals surface area contributed by atoms with Crippen molar-refractivity contribution < 1.29 is 13.9 Å². The summed E-state index contributed by atoms with van der Waals surface area (Å²) in [5.41, 5.74) is 5.58. The van der Waals surface area contributed by atoms with Crippen molar-refractivity contribution in [3.63, 3.8) is 0 Å². The minimum Gasteiger partial charge on any atom is -0.448 e. The normalized spacial score (nSPS) is 12.1. The fourth-order valence-electron chi connectivity index (χ4n) is 1.44. The fraction of sp³-hybridized carbons (Fsp3) is 0.455. The van der Waals surface area contributed by atoms with Crippen LogP contribution in [0.15, 0.2) is 18.3 Å². The minimum atomic E-state index is -0.792. The molecule has 1 aromatic rings. The molecule has 0 spiro atoms. The molecule has 1 atom stereocenters. The molecule has 0 radical (unpaired) electrons. The van der Waals surface area contributed by atoms with Crippen molar-refractivity contribution in [2.45, 2.75) is 19.4 Å². The number of halogens is 1. The molecule has 0 aromatic carbocycles. The van der Waals surface area contributed by atoms with Gasteiger partial charge in [-0.25, -0.2) is 9.18 Å². The van der Waals surface area contributed by atoms with Gasteiger partial charge in [-0.05, 0) is 18.6 Å². The molecule has 0 bridgehead atoms. The molecule has 0 aliphatic heterocycles. The average molecular weight is 241 g/mol. The van der Waals surface area contributed by atoms with Gasteiger partial charge in [-0.2, -0.15) is 0 Å². The maximum atomic E-state index is 12.7. The lowest BCUT2D eigenvalue weighted by molar-refractivity contribution is 0.156. The van der Waals surface area contributed by atoms with Crippen LogP contribution in [0.3, 0.4) is 0 Å². The summed E-state index contributed by atoms with van der Waals surface area (Å²) in [6, 6.07) is 3.00. The number of carbonyl (C=O) groups excluding carboxylic acids is 1. The molecule has 0 saturated heterocycles. The Morgan fingerprint density at radius 1 is 1.65 bits per heavy atom. The van der Waals surface area contributed by atoms with Crippen molar-refractivity contribution in [1.82, 2.24) is 10.3 Å². The second-order valence-corrected chi connectivity index (χ2v) is 3.48. The van der Waals surface area contributed by atoms with E-state index in [0.29, 0.717) is 6.54 Å². The zero-order chi connectivity index (χ0) is 12.7. The molecule has 5 nitrogen and oxygen atoms in total. The van der Waals surface area contributed by atoms with E-state index in [1.807, 2.05) is 6.92 Å². The van der Waals surface area contributed by atoms with Gasteiger partial charge in [-0.1, -0.05) is 6.92 Å². The largest absolute Gasteiger partial charge is 0.448 e. The molecule has 1 aromatic heterocycles. The summed E-state index contributed by atoms with van der Waals surface area (Å²) in [5, 5.41) is 3.14. The van der Waals surface area contributed by atoms with Crippen LogP contribution in [0.25, 0.3) is 0 Å². The lowest BCUT2D eigenvalue weighted by atomic mass is 10.1. The Morgan fingerprint density at radius 3 is 2.94 bits per heavy atom. The first-order valence-electron chi connectivity index (χ1n) is 5.40. The number of hydrogen-bond acceptors (Lipinski definition) is 4. The molecule has 0 fully saturated rings. The first kappa shape index (κ1) is 13.4. The third kappa shape index (κ3) is 4.78. The fourth-order valence-corrected chi connectivity index (χ4v) is 1.44. The molecule has 1 unspecified atom stereocenters. The predicted molar refractivity (Wildman–Crippen MR) is 60.8 cm³/mol. The summed E-state index contributed by atoms with van der Waals surface area (Å²) in [5.74, 6) is -0.360. The highest BCUT2D eigenvalue weighted by Gasteiger charge is 2.09. The van der Waals surface area contributed by atoms with E-state index in [2.05, 4.69) is 15.0 Å². The van der Waals surface area contributed by atoms with Gasteiger partial charge < -0.3 is 15.8 Å². The van der Waals surface area contributed by atoms with E-state index in [-0.39, 0.29) is 18.5 Å². The number of ether oxygens (including phenoxy) is 1. The zero-order valence-corrected chi connectivity index (χ0v) is 9.65. The van der Waals surface area contributed by atoms with Crippen molar-refractivity contribution in [1.29, 1.82) is 0 Å². The van der Waals surface area contributed by atoms with Gasteiger partial charge in [-0.3, -0.25) is 4.98 Å². The first-order valence-corrected chi connectivity index (χ1v) is 5.40. The van der Waals surface area contributed by atoms with Gasteiger partial charge in [-0.15, -0.1) is 0 Å². The highest BCUT2D eigenvalue weighted by atomic mass is 19.1. The third-order valence-corrected chi connectivity index (χ3v) is 2.25. The maximum Gasteiger partial charge on any atom is 0.404 e. The number of hydrogen-bond donors (Lipinski definition) is 2. The topological polar surface area (TPSA) is 77.2 Å². The van der Waals surface area contributed by atoms with E-state index in [0.717, 1.165) is 12.1 Å². The van der Waals surface area contributed by atoms with E-state index in [4.69, 9.17) is 5.73 Å². The van der Waals surface area contributed by atoms with Crippen LogP contribution in [-0.4, -0.2) is 24.2 Å². The van der Waals surface area contributed by atoms with Crippen LogP contribution in [0, 0.1) is 5.82 Å². The SMILES string of the molecule is CCC(NCCOC(N)=O)c1ccc(F)cn1. The van der Waals surface area contributed by atoms with Gasteiger partial charge in [0, 0.05) is 12.6 Å². The Kier molecular flexibility index (Phi) is 5.35. The molecule has 0 aliphatic rings. The van der Waals surface area contributed by atoms with Crippen molar-refractivity contribution in [2.24, 2.45) is 5.73 Å². The van der Waals surface area contributed by atoms with E-state index in [9.17, 15) is 9.18 Å². The highest BCUT2D eigenvalue weighted by molar-refractivity contribution is 5.64. The van der Waals surface area contributed by atoms with E-state index in [1.165, 1.54) is 12.3 Å². The second kappa shape index (κ2) is 6.80. The van der Waals surface area contributed by atoms with Crippen molar-refractivity contribution >= 4 is 6.09 Å². The van der Waals surface area contributed by atoms with Gasteiger partial charge in [0.1, 0.15) is 12.4 Å². The van der Waals surface area contributed by atoms with Crippen LogP contribution in [0.4, 0.5) is 9.18 Å². The molecular weight excluding hydrogens is 225 g/mol. The molecule has 94 valence electrons. The number of pyridine rings is 1. The molecule has 1 amide bonds. The maximum absolute atomic E-state index is 12.7. The molecule has 0 saturated carbocycles. The molecule has 1 heterocycles. The lowest BCUT2D eigenvalue weighted by Crippen LogP contribution is -2.27. The molecule has 3 N–H and O–H groups in total. The molecular formula is C11H16FN3O2. The highest BCUT2D eigenvalue weighted by Crippen LogP contribution is 2.13. The molecule has 17 heavy (non-hydrogen) atoms. The van der Waals surface area contributed by atoms with Gasteiger partial charge in [0.25, 0.3) is 0 Å². The summed E-state index contributed by atoms with van der Waals surface area (Å²) in [4.78, 5) is 14.3. The number of carbonyl (C=O) groups is 1. The second-order valence-electron chi connectivity index (χ2n) is 3.48. The number of amides is 1. The van der Waals surface area contributed by atoms with Gasteiger partial charge in [0.15, 0.2) is 0 Å². The Balaban J connectivity index is 2.43. The number of primary amides is 1. The molecule has 0 aliphatic carbocycles. The number of rotatable bonds is 6. The quantitative estimate of drug-likeness (QED) is 0.737. The monoisotopic (exact) mass is 241 g/mol. The van der Waals surface area contributed by atoms with Crippen LogP contribution in [0.5, 0.6) is 0 Å². The number of nitrogens with zero attached hydrogens (tertiary/aromatic N) is 1. The lowest BCUT2D eigenvalue weighted by Gasteiger charge is -2.16. The Labute approximate surface area is 99.2 Å². The van der Waals surface area contributed by atoms with Crippen molar-refractivity contribution in [3.8, 4) is 0 Å². The zero-order valence-electron chi connectivity index (χ0n) is 9.65. The summed E-state index contributed by atoms with van der Waals surface area (Å²) in [6.07, 6.45) is 1.19. The van der Waals surface area contributed by atoms with Gasteiger partial charge >= 0.3 is 6.09 Å². The first-order chi connectivity index (χ1) is 8.13. The standard InChI is InChI=1S/C11H16FN3O2/c1-2-9(14-5-6-17-11(13)16)10-4-3-8(12)7-15-10/h3-4,7,9,14H,2,5-6H2,1H3,(H2,13,16). The average Bonchev–Trinajstić information content (AvgIpc) is 2.30. The van der Waals surface area contributed by atoms with Crippen molar-refractivity contribution in [3.05, 3.63) is 29.8 Å². The van der Waals surface area contributed by atoms with Gasteiger partial charge in [0.2, 0.25) is 0 Å². The summed E-state index contributed by atoms with van der Waals surface area (Å²) < 4.78 is 17.3. The van der Waals surface area contributed by atoms with E-state index >= 15 is 0 Å². The molecule has 1 rings (SSSR count). The summed E-state index contributed by atoms with van der Waals surface area (Å²) in [6.45, 7) is 2.66. The van der Waals surface area contributed by atoms with Crippen molar-refractivity contribution in [2.75, 3.05) is 13.2 Å². The summed E-state index contributed by atoms with van der Waals surface area (Å²) >= 11 is 0. The van der Waals surface area contributed by atoms with E-state index < -0.39 is 6.09 Å². The Bertz CT molecular complexity index is 356. The van der Waals surface area contributed by atoms with Crippen LogP contribution in [-0.2, 0) is 4.74 Å². The minimum absolute atomic E-state index is 0.00655. The van der Waals surface area contributed by atoms with Crippen LogP contribution in [0.1, 0.15) is 25.1 Å². The smallest absolute Gasteiger partial charge is 0.404 e. The molecule has 6 heteroatoms. The van der Waals surface area contributed by atoms with E-state index in [1.54, 1.807) is 6.07 Å². The third-order valence-electron chi connectivity index (χ3n) is 2.25. The number of aromatic nitrogens is 1. The number of nitrogens with one attached hydrogen (secondary N) is 1. The van der Waals surface area contributed by atoms with Gasteiger partial charge in [0.05, 0.1) is 11.9 Å². The number of nitrogens with two attached hydrogens (primary N) is 1. The van der Waals surface area contributed by atoms with Crippen LogP contribution < -0.4 is 11.1 Å². The Morgan fingerprint density at radius 2 is 2.41 bits per heavy atom. The summed E-state index contributed by atoms with van der Waals surface area (Å²) in [7, 11) is 0. The van der Waals surface area contributed by atoms with Crippen LogP contribution in [0.2, 0.25) is 0 Å². The predicted octanol–water partition coefficient (Wildman–Crippen LogP) is 1.36.